The Morgan fingerprint density at radius 2 is 1.30 bits per heavy atom. The van der Waals surface area contributed by atoms with Crippen molar-refractivity contribution in [2.24, 2.45) is 0 Å². The predicted octanol–water partition coefficient (Wildman–Crippen LogP) is -0.692. The molecule has 0 atom stereocenters. The molecule has 0 aliphatic heterocycles. The smallest absolute Gasteiger partial charge is 0.857 e. The number of hydroxylamine groups is 3. The number of tetrazole rings is 2. The van der Waals surface area contributed by atoms with Gasteiger partial charge in [-0.25, -0.2) is 29.5 Å². The van der Waals surface area contributed by atoms with Crippen LogP contribution in [0.3, 0.4) is 0 Å². The van der Waals surface area contributed by atoms with Crippen LogP contribution in [0, 0.1) is 9.54 Å². The van der Waals surface area contributed by atoms with E-state index in [-0.39, 0.29) is 42.7 Å². The SMILES string of the molecule is CN(O)C(=O)Nc1cccc(-n2[nH]nnc2=S)c1.CNO.C[O-].O=C(Nc1cccc(-n2[nH]nnc2=S)c1)Oc1ccccc1.[B].[Na+]. The van der Waals surface area contributed by atoms with Gasteiger partial charge in [0.05, 0.1) is 11.4 Å². The second-order valence-electron chi connectivity index (χ2n) is 7.94. The van der Waals surface area contributed by atoms with Crippen molar-refractivity contribution in [1.29, 1.82) is 0 Å². The standard InChI is InChI=1S/C14H11N5O2S.C9H10N6O2S.CH5NO.CH3O.B.Na/c20-14(21-12-7-2-1-3-8-12)15-10-5-4-6-11(9-10)19-13(22)16-17-18-19;1-14(17)8(16)10-6-3-2-4-7(5-6)15-9(18)11-12-13-15;1-2-3;1-2;;/h1-9H,(H,15,20)(H,16,18,22);2-5,17H,1H3,(H,10,16)(H,11,13,18);2-3H,1H3;1H3;;/q;;;-1;;+1. The number of carbonyl (C=O) groups is 2. The fourth-order valence-electron chi connectivity index (χ4n) is 3.12. The predicted molar refractivity (Wildman–Crippen MR) is 170 cm³/mol. The summed E-state index contributed by atoms with van der Waals surface area (Å²) >= 11 is 9.99. The van der Waals surface area contributed by atoms with Gasteiger partial charge in [0.15, 0.2) is 0 Å². The van der Waals surface area contributed by atoms with E-state index < -0.39 is 12.1 Å². The van der Waals surface area contributed by atoms with Crippen molar-refractivity contribution in [2.75, 3.05) is 31.8 Å². The van der Waals surface area contributed by atoms with Crippen molar-refractivity contribution in [3.05, 3.63) is 88.4 Å². The van der Waals surface area contributed by atoms with E-state index in [1.807, 2.05) is 12.1 Å². The number of amides is 3. The van der Waals surface area contributed by atoms with Gasteiger partial charge in [-0.2, -0.15) is 17.5 Å². The molecule has 0 aliphatic carbocycles. The molecule has 0 bridgehead atoms. The number of benzene rings is 3. The number of carbonyl (C=O) groups excluding carboxylic acids is 2. The van der Waals surface area contributed by atoms with Gasteiger partial charge in [-0.1, -0.05) is 51.0 Å². The fraction of sp³-hybridized carbons (Fsp3) is 0.120. The molecule has 0 aliphatic rings. The van der Waals surface area contributed by atoms with Crippen molar-refractivity contribution in [1.82, 2.24) is 51.0 Å². The Morgan fingerprint density at radius 3 is 1.70 bits per heavy atom. The van der Waals surface area contributed by atoms with Crippen molar-refractivity contribution >= 4 is 56.3 Å². The van der Waals surface area contributed by atoms with Crippen LogP contribution in [-0.4, -0.2) is 97.6 Å². The van der Waals surface area contributed by atoms with E-state index in [0.717, 1.165) is 7.11 Å². The summed E-state index contributed by atoms with van der Waals surface area (Å²) in [6, 6.07) is 22.1. The third-order valence-corrected chi connectivity index (χ3v) is 5.43. The van der Waals surface area contributed by atoms with Gasteiger partial charge in [-0.05, 0) is 73.0 Å². The summed E-state index contributed by atoms with van der Waals surface area (Å²) in [6.07, 6.45) is -0.574. The topological polar surface area (TPSA) is 239 Å². The Labute approximate surface area is 302 Å². The van der Waals surface area contributed by atoms with E-state index >= 15 is 0 Å². The van der Waals surface area contributed by atoms with Crippen LogP contribution >= 0.6 is 24.4 Å². The summed E-state index contributed by atoms with van der Waals surface area (Å²) in [4.78, 5) is 23.1. The molecular formula is C25H29BN12NaO6S2. The van der Waals surface area contributed by atoms with Crippen molar-refractivity contribution < 1.29 is 59.4 Å². The Hall–Kier alpha value is -4.32. The van der Waals surface area contributed by atoms with Crippen LogP contribution < -0.4 is 55.5 Å². The Bertz CT molecular complexity index is 1750. The maximum absolute atomic E-state index is 11.9. The van der Waals surface area contributed by atoms with Gasteiger partial charge < -0.3 is 20.4 Å². The minimum absolute atomic E-state index is 0. The second kappa shape index (κ2) is 23.1. The van der Waals surface area contributed by atoms with Crippen LogP contribution in [0.1, 0.15) is 0 Å². The number of anilines is 2. The quantitative estimate of drug-likeness (QED) is 0.0524. The first kappa shape index (κ1) is 42.7. The summed E-state index contributed by atoms with van der Waals surface area (Å²) < 4.78 is 8.73. The maximum Gasteiger partial charge on any atom is 1.00 e. The van der Waals surface area contributed by atoms with Crippen LogP contribution in [0.15, 0.2) is 78.9 Å². The number of aromatic nitrogens is 8. The van der Waals surface area contributed by atoms with E-state index in [9.17, 15) is 9.59 Å². The molecule has 5 aromatic rings. The molecule has 0 unspecified atom stereocenters. The molecule has 2 heterocycles. The minimum atomic E-state index is -0.640. The number of para-hydroxylation sites is 1. The zero-order valence-electron chi connectivity index (χ0n) is 25.6. The third kappa shape index (κ3) is 14.3. The number of ether oxygens (including phenoxy) is 1. The number of nitrogens with one attached hydrogen (secondary N) is 5. The van der Waals surface area contributed by atoms with Crippen LogP contribution in [0.25, 0.3) is 11.4 Å². The molecule has 5 rings (SSSR count). The molecule has 3 radical (unpaired) electrons. The van der Waals surface area contributed by atoms with Crippen molar-refractivity contribution in [2.45, 2.75) is 0 Å². The first-order valence-electron chi connectivity index (χ1n) is 12.4. The molecule has 0 fully saturated rings. The molecule has 7 N–H and O–H groups in total. The van der Waals surface area contributed by atoms with Gasteiger partial charge in [0, 0.05) is 33.9 Å². The molecule has 22 heteroatoms. The molecule has 0 saturated carbocycles. The van der Waals surface area contributed by atoms with Gasteiger partial charge in [0.25, 0.3) is 0 Å². The summed E-state index contributed by atoms with van der Waals surface area (Å²) in [7, 11) is 3.41. The van der Waals surface area contributed by atoms with E-state index in [1.165, 1.54) is 23.5 Å². The van der Waals surface area contributed by atoms with E-state index in [4.69, 9.17) is 44.7 Å². The van der Waals surface area contributed by atoms with Gasteiger partial charge in [-0.3, -0.25) is 10.5 Å². The van der Waals surface area contributed by atoms with Crippen LogP contribution in [0.5, 0.6) is 5.75 Å². The van der Waals surface area contributed by atoms with Crippen LogP contribution in [0.2, 0.25) is 0 Å². The van der Waals surface area contributed by atoms with Crippen molar-refractivity contribution in [3.8, 4) is 17.1 Å². The van der Waals surface area contributed by atoms with Gasteiger partial charge in [0.2, 0.25) is 9.54 Å². The number of hydrogen-bond donors (Lipinski definition) is 7. The average molecular weight is 692 g/mol. The zero-order valence-corrected chi connectivity index (χ0v) is 29.2. The number of hydrogen-bond acceptors (Lipinski definition) is 13. The molecular weight excluding hydrogens is 662 g/mol. The molecule has 47 heavy (non-hydrogen) atoms. The van der Waals surface area contributed by atoms with Gasteiger partial charge >= 0.3 is 41.7 Å². The number of urea groups is 1. The summed E-state index contributed by atoms with van der Waals surface area (Å²) in [5.74, 6) is 0.469. The number of nitrogens with zero attached hydrogens (tertiary/aromatic N) is 7. The molecule has 0 spiro atoms. The molecule has 0 saturated heterocycles. The van der Waals surface area contributed by atoms with Crippen LogP contribution in [0.4, 0.5) is 21.0 Å². The van der Waals surface area contributed by atoms with E-state index in [1.54, 1.807) is 72.2 Å². The Balaban J connectivity index is 0.000000774. The number of rotatable bonds is 5. The first-order chi connectivity index (χ1) is 21.7. The maximum atomic E-state index is 11.9. The molecule has 3 amide bonds. The Morgan fingerprint density at radius 1 is 0.851 bits per heavy atom. The van der Waals surface area contributed by atoms with Crippen LogP contribution in [-0.2, 0) is 0 Å². The fourth-order valence-corrected chi connectivity index (χ4v) is 3.49. The van der Waals surface area contributed by atoms with E-state index in [2.05, 4.69) is 41.7 Å². The molecule has 2 aromatic heterocycles. The normalized spacial score (nSPS) is 9.15. The first-order valence-corrected chi connectivity index (χ1v) is 13.2. The molecule has 18 nitrogen and oxygen atoms in total. The summed E-state index contributed by atoms with van der Waals surface area (Å²) in [5, 5.41) is 49.9. The van der Waals surface area contributed by atoms with Gasteiger partial charge in [0.1, 0.15) is 5.75 Å². The Kier molecular flexibility index (Phi) is 21.0. The third-order valence-electron chi connectivity index (χ3n) is 4.90. The van der Waals surface area contributed by atoms with E-state index in [0.29, 0.717) is 38.3 Å². The number of H-pyrrole nitrogens is 2. The minimum Gasteiger partial charge on any atom is -0.857 e. The number of aromatic amines is 2. The monoisotopic (exact) mass is 691 g/mol. The summed E-state index contributed by atoms with van der Waals surface area (Å²) in [5.41, 5.74) is 4.20. The zero-order chi connectivity index (χ0) is 33.2. The van der Waals surface area contributed by atoms with Crippen molar-refractivity contribution in [3.63, 3.8) is 0 Å². The molecule has 3 aromatic carbocycles. The second-order valence-corrected chi connectivity index (χ2v) is 8.67. The summed E-state index contributed by atoms with van der Waals surface area (Å²) in [6.45, 7) is 0. The average Bonchev–Trinajstić information content (AvgIpc) is 3.67. The van der Waals surface area contributed by atoms with Gasteiger partial charge in [-0.15, -0.1) is 0 Å². The molecule has 241 valence electrons. The largest absolute Gasteiger partial charge is 1.00 e.